The lowest BCUT2D eigenvalue weighted by Gasteiger charge is -2.14. The second kappa shape index (κ2) is 6.39. The normalized spacial score (nSPS) is 11.2. The van der Waals surface area contributed by atoms with Gasteiger partial charge in [0, 0.05) is 30.9 Å². The van der Waals surface area contributed by atoms with Gasteiger partial charge in [0.2, 0.25) is 0 Å². The van der Waals surface area contributed by atoms with E-state index in [1.54, 1.807) is 12.1 Å². The Morgan fingerprint density at radius 3 is 2.52 bits per heavy atom. The van der Waals surface area contributed by atoms with Gasteiger partial charge in [-0.15, -0.1) is 0 Å². The number of rotatable bonds is 5. The first-order valence-electron chi connectivity index (χ1n) is 6.54. The van der Waals surface area contributed by atoms with E-state index in [4.69, 9.17) is 0 Å². The maximum Gasteiger partial charge on any atom is 0.273 e. The quantitative estimate of drug-likeness (QED) is 0.921. The fraction of sp³-hybridized carbons (Fsp3) is 0.267. The van der Waals surface area contributed by atoms with Crippen molar-refractivity contribution < 1.29 is 13.6 Å². The Morgan fingerprint density at radius 1 is 1.24 bits per heavy atom. The molecule has 0 saturated carbocycles. The first-order chi connectivity index (χ1) is 10.0. The van der Waals surface area contributed by atoms with Crippen molar-refractivity contribution in [1.82, 2.24) is 15.3 Å². The van der Waals surface area contributed by atoms with E-state index in [2.05, 4.69) is 15.3 Å². The molecular weight excluding hydrogens is 276 g/mol. The smallest absolute Gasteiger partial charge is 0.273 e. The molecule has 0 fully saturated rings. The lowest BCUT2D eigenvalue weighted by atomic mass is 10.0. The van der Waals surface area contributed by atoms with Crippen molar-refractivity contribution in [2.24, 2.45) is 0 Å². The fourth-order valence-corrected chi connectivity index (χ4v) is 1.76. The number of halogens is 2. The Bertz CT molecular complexity index is 600. The topological polar surface area (TPSA) is 54.9 Å². The SMILES string of the molecule is CCC(F)(F)c1ccc(CNC(=O)c2cnccn2)cc1. The zero-order valence-corrected chi connectivity index (χ0v) is 11.5. The number of carbonyl (C=O) groups is 1. The average Bonchev–Trinajstić information content (AvgIpc) is 2.54. The number of carbonyl (C=O) groups excluding carboxylic acids is 1. The number of benzene rings is 1. The summed E-state index contributed by atoms with van der Waals surface area (Å²) in [5.41, 5.74) is 0.934. The molecule has 1 N–H and O–H groups in total. The minimum atomic E-state index is -2.82. The molecule has 21 heavy (non-hydrogen) atoms. The van der Waals surface area contributed by atoms with E-state index in [0.29, 0.717) is 0 Å². The van der Waals surface area contributed by atoms with Crippen LogP contribution in [0.25, 0.3) is 0 Å². The summed E-state index contributed by atoms with van der Waals surface area (Å²) >= 11 is 0. The number of aromatic nitrogens is 2. The van der Waals surface area contributed by atoms with Gasteiger partial charge in [-0.1, -0.05) is 31.2 Å². The summed E-state index contributed by atoms with van der Waals surface area (Å²) in [5, 5.41) is 2.66. The highest BCUT2D eigenvalue weighted by Gasteiger charge is 2.28. The van der Waals surface area contributed by atoms with Crippen molar-refractivity contribution in [2.45, 2.75) is 25.8 Å². The second-order valence-electron chi connectivity index (χ2n) is 4.53. The first-order valence-corrected chi connectivity index (χ1v) is 6.54. The Hall–Kier alpha value is -2.37. The van der Waals surface area contributed by atoms with Gasteiger partial charge in [-0.25, -0.2) is 13.8 Å². The lowest BCUT2D eigenvalue weighted by Crippen LogP contribution is -2.24. The van der Waals surface area contributed by atoms with Crippen LogP contribution in [0.2, 0.25) is 0 Å². The molecule has 6 heteroatoms. The van der Waals surface area contributed by atoms with Crippen molar-refractivity contribution in [3.8, 4) is 0 Å². The van der Waals surface area contributed by atoms with E-state index in [9.17, 15) is 13.6 Å². The third-order valence-corrected chi connectivity index (χ3v) is 3.07. The summed E-state index contributed by atoms with van der Waals surface area (Å²) in [5.74, 6) is -3.17. The molecule has 0 aliphatic heterocycles. The van der Waals surface area contributed by atoms with Gasteiger partial charge in [0.25, 0.3) is 11.8 Å². The Balaban J connectivity index is 1.97. The van der Waals surface area contributed by atoms with Crippen LogP contribution < -0.4 is 5.32 Å². The molecule has 2 rings (SSSR count). The van der Waals surface area contributed by atoms with Gasteiger partial charge in [-0.05, 0) is 5.56 Å². The van der Waals surface area contributed by atoms with Crippen LogP contribution in [0.1, 0.15) is 35.0 Å². The zero-order chi connectivity index (χ0) is 15.3. The van der Waals surface area contributed by atoms with Gasteiger partial charge < -0.3 is 5.32 Å². The highest BCUT2D eigenvalue weighted by atomic mass is 19.3. The Morgan fingerprint density at radius 2 is 1.95 bits per heavy atom. The molecule has 4 nitrogen and oxygen atoms in total. The molecule has 0 radical (unpaired) electrons. The van der Waals surface area contributed by atoms with Crippen LogP contribution in [-0.4, -0.2) is 15.9 Å². The second-order valence-corrected chi connectivity index (χ2v) is 4.53. The van der Waals surface area contributed by atoms with Crippen LogP contribution in [0.15, 0.2) is 42.9 Å². The molecule has 2 aromatic rings. The van der Waals surface area contributed by atoms with Crippen molar-refractivity contribution in [3.63, 3.8) is 0 Å². The Kier molecular flexibility index (Phi) is 4.57. The van der Waals surface area contributed by atoms with Crippen LogP contribution in [0.5, 0.6) is 0 Å². The van der Waals surface area contributed by atoms with Crippen molar-refractivity contribution >= 4 is 5.91 Å². The monoisotopic (exact) mass is 291 g/mol. The van der Waals surface area contributed by atoms with Gasteiger partial charge in [0.05, 0.1) is 6.20 Å². The highest BCUT2D eigenvalue weighted by molar-refractivity contribution is 5.91. The maximum absolute atomic E-state index is 13.5. The highest BCUT2D eigenvalue weighted by Crippen LogP contribution is 2.31. The van der Waals surface area contributed by atoms with E-state index in [1.807, 2.05) is 0 Å². The van der Waals surface area contributed by atoms with E-state index < -0.39 is 5.92 Å². The number of alkyl halides is 2. The molecule has 1 aromatic heterocycles. The minimum Gasteiger partial charge on any atom is -0.347 e. The molecule has 0 aliphatic carbocycles. The first kappa shape index (κ1) is 15.0. The molecule has 1 heterocycles. The summed E-state index contributed by atoms with van der Waals surface area (Å²) in [6, 6.07) is 5.92. The predicted molar refractivity (Wildman–Crippen MR) is 73.8 cm³/mol. The third-order valence-electron chi connectivity index (χ3n) is 3.07. The largest absolute Gasteiger partial charge is 0.347 e. The molecule has 0 bridgehead atoms. The van der Waals surface area contributed by atoms with Crippen molar-refractivity contribution in [2.75, 3.05) is 0 Å². The Labute approximate surface area is 121 Å². The van der Waals surface area contributed by atoms with Crippen molar-refractivity contribution in [3.05, 3.63) is 59.7 Å². The third kappa shape index (κ3) is 3.81. The predicted octanol–water partition coefficient (Wildman–Crippen LogP) is 2.91. The van der Waals surface area contributed by atoms with Gasteiger partial charge in [-0.2, -0.15) is 0 Å². The molecular formula is C15H15F2N3O. The zero-order valence-electron chi connectivity index (χ0n) is 11.5. The number of hydrogen-bond donors (Lipinski definition) is 1. The van der Waals surface area contributed by atoms with Gasteiger partial charge >= 0.3 is 0 Å². The average molecular weight is 291 g/mol. The summed E-state index contributed by atoms with van der Waals surface area (Å²) in [7, 11) is 0. The molecule has 0 unspecified atom stereocenters. The van der Waals surface area contributed by atoms with Gasteiger partial charge in [-0.3, -0.25) is 9.78 Å². The molecule has 110 valence electrons. The standard InChI is InChI=1S/C15H15F2N3O/c1-2-15(16,17)12-5-3-11(4-6-12)9-20-14(21)13-10-18-7-8-19-13/h3-8,10H,2,9H2,1H3,(H,20,21). The van der Waals surface area contributed by atoms with E-state index in [0.717, 1.165) is 5.56 Å². The number of hydrogen-bond acceptors (Lipinski definition) is 3. The van der Waals surface area contributed by atoms with E-state index >= 15 is 0 Å². The maximum atomic E-state index is 13.5. The molecule has 0 saturated heterocycles. The number of amides is 1. The van der Waals surface area contributed by atoms with Crippen LogP contribution in [-0.2, 0) is 12.5 Å². The lowest BCUT2D eigenvalue weighted by molar-refractivity contribution is -0.00830. The van der Waals surface area contributed by atoms with Crippen LogP contribution in [0.3, 0.4) is 0 Å². The van der Waals surface area contributed by atoms with Crippen LogP contribution in [0, 0.1) is 0 Å². The van der Waals surface area contributed by atoms with Gasteiger partial charge in [0.1, 0.15) is 5.69 Å². The van der Waals surface area contributed by atoms with Crippen LogP contribution in [0.4, 0.5) is 8.78 Å². The van der Waals surface area contributed by atoms with Crippen LogP contribution >= 0.6 is 0 Å². The van der Waals surface area contributed by atoms with Gasteiger partial charge in [0.15, 0.2) is 0 Å². The molecule has 0 spiro atoms. The van der Waals surface area contributed by atoms with Crippen molar-refractivity contribution in [1.29, 1.82) is 0 Å². The summed E-state index contributed by atoms with van der Waals surface area (Å²) < 4.78 is 26.9. The number of nitrogens with zero attached hydrogens (tertiary/aromatic N) is 2. The summed E-state index contributed by atoms with van der Waals surface area (Å²) in [4.78, 5) is 19.4. The molecule has 0 aliphatic rings. The van der Waals surface area contributed by atoms with E-state index in [-0.39, 0.29) is 30.1 Å². The summed E-state index contributed by atoms with van der Waals surface area (Å²) in [6.07, 6.45) is 4.02. The molecule has 1 amide bonds. The molecule has 1 aromatic carbocycles. The van der Waals surface area contributed by atoms with E-state index in [1.165, 1.54) is 37.6 Å². The minimum absolute atomic E-state index is 0.0194. The fourth-order valence-electron chi connectivity index (χ4n) is 1.76. The summed E-state index contributed by atoms with van der Waals surface area (Å²) in [6.45, 7) is 1.68. The molecule has 0 atom stereocenters. The number of nitrogens with one attached hydrogen (secondary N) is 1.